The highest BCUT2D eigenvalue weighted by Crippen LogP contribution is 2.23. The minimum absolute atomic E-state index is 0.0186. The summed E-state index contributed by atoms with van der Waals surface area (Å²) in [4.78, 5) is 19.2. The maximum absolute atomic E-state index is 13.0. The standard InChI is InChI=1S/C20H20N2O/c1-13-5-8-16(9-6-13)22(4)20(23)18-12-15(3)21-19-10-7-14(2)11-17(18)19/h5-12H,1-4H3. The van der Waals surface area contributed by atoms with Crippen LogP contribution < -0.4 is 4.90 Å². The van der Waals surface area contributed by atoms with Crippen LogP contribution >= 0.6 is 0 Å². The molecule has 0 N–H and O–H groups in total. The van der Waals surface area contributed by atoms with Gasteiger partial charge < -0.3 is 4.90 Å². The number of aromatic nitrogens is 1. The van der Waals surface area contributed by atoms with Crippen molar-refractivity contribution in [3.8, 4) is 0 Å². The van der Waals surface area contributed by atoms with E-state index in [-0.39, 0.29) is 5.91 Å². The summed E-state index contributed by atoms with van der Waals surface area (Å²) < 4.78 is 0. The Morgan fingerprint density at radius 3 is 2.26 bits per heavy atom. The number of aryl methyl sites for hydroxylation is 3. The average molecular weight is 304 g/mol. The number of nitrogens with zero attached hydrogens (tertiary/aromatic N) is 2. The Balaban J connectivity index is 2.09. The lowest BCUT2D eigenvalue weighted by Crippen LogP contribution is -2.26. The number of hydrogen-bond donors (Lipinski definition) is 0. The van der Waals surface area contributed by atoms with Crippen LogP contribution in [0.4, 0.5) is 5.69 Å². The quantitative estimate of drug-likeness (QED) is 0.701. The van der Waals surface area contributed by atoms with Crippen LogP contribution in [0.3, 0.4) is 0 Å². The van der Waals surface area contributed by atoms with E-state index in [0.717, 1.165) is 27.8 Å². The smallest absolute Gasteiger partial charge is 0.258 e. The van der Waals surface area contributed by atoms with Crippen LogP contribution in [-0.4, -0.2) is 17.9 Å². The second-order valence-electron chi connectivity index (χ2n) is 6.03. The zero-order valence-corrected chi connectivity index (χ0v) is 13.9. The highest BCUT2D eigenvalue weighted by molar-refractivity contribution is 6.13. The lowest BCUT2D eigenvalue weighted by molar-refractivity contribution is 0.0994. The van der Waals surface area contributed by atoms with Gasteiger partial charge in [-0.2, -0.15) is 0 Å². The molecule has 23 heavy (non-hydrogen) atoms. The Bertz CT molecular complexity index is 882. The molecule has 0 aliphatic heterocycles. The predicted molar refractivity (Wildman–Crippen MR) is 95.1 cm³/mol. The molecule has 1 aromatic heterocycles. The fraction of sp³-hybridized carbons (Fsp3) is 0.200. The van der Waals surface area contributed by atoms with Gasteiger partial charge in [0.1, 0.15) is 0 Å². The van der Waals surface area contributed by atoms with Crippen LogP contribution in [0.2, 0.25) is 0 Å². The molecule has 0 unspecified atom stereocenters. The van der Waals surface area contributed by atoms with E-state index in [0.29, 0.717) is 5.56 Å². The van der Waals surface area contributed by atoms with E-state index in [1.54, 1.807) is 4.90 Å². The first-order valence-corrected chi connectivity index (χ1v) is 7.68. The second-order valence-corrected chi connectivity index (χ2v) is 6.03. The zero-order chi connectivity index (χ0) is 16.6. The van der Waals surface area contributed by atoms with Gasteiger partial charge in [-0.05, 0) is 51.1 Å². The molecule has 0 saturated heterocycles. The highest BCUT2D eigenvalue weighted by Gasteiger charge is 2.17. The molecule has 3 heteroatoms. The Hall–Kier alpha value is -2.68. The van der Waals surface area contributed by atoms with Crippen LogP contribution in [0.15, 0.2) is 48.5 Å². The van der Waals surface area contributed by atoms with Gasteiger partial charge in [-0.15, -0.1) is 0 Å². The van der Waals surface area contributed by atoms with Crippen molar-refractivity contribution in [2.75, 3.05) is 11.9 Å². The molecular weight excluding hydrogens is 284 g/mol. The van der Waals surface area contributed by atoms with Gasteiger partial charge in [-0.3, -0.25) is 9.78 Å². The average Bonchev–Trinajstić information content (AvgIpc) is 2.54. The van der Waals surface area contributed by atoms with Gasteiger partial charge in [-0.25, -0.2) is 0 Å². The molecule has 0 aliphatic rings. The van der Waals surface area contributed by atoms with E-state index >= 15 is 0 Å². The number of anilines is 1. The maximum Gasteiger partial charge on any atom is 0.258 e. The summed E-state index contributed by atoms with van der Waals surface area (Å²) in [6.45, 7) is 5.98. The van der Waals surface area contributed by atoms with E-state index in [2.05, 4.69) is 4.98 Å². The molecule has 0 fully saturated rings. The van der Waals surface area contributed by atoms with Crippen molar-refractivity contribution in [3.05, 3.63) is 70.9 Å². The number of amides is 1. The fourth-order valence-corrected chi connectivity index (χ4v) is 2.72. The van der Waals surface area contributed by atoms with Gasteiger partial charge in [0.25, 0.3) is 5.91 Å². The van der Waals surface area contributed by atoms with Crippen molar-refractivity contribution in [1.29, 1.82) is 0 Å². The number of carbonyl (C=O) groups excluding carboxylic acids is 1. The largest absolute Gasteiger partial charge is 0.311 e. The Morgan fingerprint density at radius 2 is 1.57 bits per heavy atom. The third-order valence-corrected chi connectivity index (χ3v) is 4.05. The van der Waals surface area contributed by atoms with Crippen LogP contribution in [-0.2, 0) is 0 Å². The predicted octanol–water partition coefficient (Wildman–Crippen LogP) is 4.44. The summed E-state index contributed by atoms with van der Waals surface area (Å²) in [5.74, 6) is -0.0186. The topological polar surface area (TPSA) is 33.2 Å². The Labute approximate surface area is 136 Å². The van der Waals surface area contributed by atoms with E-state index in [1.165, 1.54) is 5.56 Å². The van der Waals surface area contributed by atoms with E-state index < -0.39 is 0 Å². The van der Waals surface area contributed by atoms with Crippen molar-refractivity contribution < 1.29 is 4.79 Å². The molecule has 1 heterocycles. The van der Waals surface area contributed by atoms with Gasteiger partial charge in [0.05, 0.1) is 11.1 Å². The minimum atomic E-state index is -0.0186. The normalized spacial score (nSPS) is 10.8. The van der Waals surface area contributed by atoms with Gasteiger partial charge in [0.2, 0.25) is 0 Å². The molecule has 2 aromatic carbocycles. The number of hydrogen-bond acceptors (Lipinski definition) is 2. The third-order valence-electron chi connectivity index (χ3n) is 4.05. The lowest BCUT2D eigenvalue weighted by Gasteiger charge is -2.19. The highest BCUT2D eigenvalue weighted by atomic mass is 16.2. The SMILES string of the molecule is Cc1ccc(N(C)C(=O)c2cc(C)nc3ccc(C)cc23)cc1. The van der Waals surface area contributed by atoms with Crippen molar-refractivity contribution in [1.82, 2.24) is 4.98 Å². The molecule has 3 rings (SSSR count). The molecular formula is C20H20N2O. The molecule has 3 nitrogen and oxygen atoms in total. The summed E-state index contributed by atoms with van der Waals surface area (Å²) in [5, 5.41) is 0.902. The number of fused-ring (bicyclic) bond motifs is 1. The molecule has 0 aliphatic carbocycles. The summed E-state index contributed by atoms with van der Waals surface area (Å²) in [5.41, 5.74) is 5.58. The summed E-state index contributed by atoms with van der Waals surface area (Å²) in [6, 6.07) is 15.8. The molecule has 0 saturated carbocycles. The molecule has 116 valence electrons. The van der Waals surface area contributed by atoms with Gasteiger partial charge in [0.15, 0.2) is 0 Å². The summed E-state index contributed by atoms with van der Waals surface area (Å²) in [6.07, 6.45) is 0. The van der Waals surface area contributed by atoms with Crippen LogP contribution in [0.5, 0.6) is 0 Å². The van der Waals surface area contributed by atoms with Gasteiger partial charge in [0, 0.05) is 23.8 Å². The first-order chi connectivity index (χ1) is 11.0. The number of benzene rings is 2. The van der Waals surface area contributed by atoms with Crippen molar-refractivity contribution >= 4 is 22.5 Å². The lowest BCUT2D eigenvalue weighted by atomic mass is 10.0. The maximum atomic E-state index is 13.0. The number of pyridine rings is 1. The van der Waals surface area contributed by atoms with Gasteiger partial charge >= 0.3 is 0 Å². The number of carbonyl (C=O) groups is 1. The molecule has 0 bridgehead atoms. The summed E-state index contributed by atoms with van der Waals surface area (Å²) in [7, 11) is 1.81. The molecule has 0 spiro atoms. The van der Waals surface area contributed by atoms with Crippen molar-refractivity contribution in [2.45, 2.75) is 20.8 Å². The Kier molecular flexibility index (Phi) is 3.87. The van der Waals surface area contributed by atoms with Crippen molar-refractivity contribution in [2.24, 2.45) is 0 Å². The molecule has 0 radical (unpaired) electrons. The number of rotatable bonds is 2. The van der Waals surface area contributed by atoms with E-state index in [1.807, 2.05) is 76.3 Å². The van der Waals surface area contributed by atoms with E-state index in [9.17, 15) is 4.79 Å². The first kappa shape index (κ1) is 15.2. The van der Waals surface area contributed by atoms with Crippen LogP contribution in [0.1, 0.15) is 27.2 Å². The zero-order valence-electron chi connectivity index (χ0n) is 13.9. The monoisotopic (exact) mass is 304 g/mol. The molecule has 1 amide bonds. The van der Waals surface area contributed by atoms with E-state index in [4.69, 9.17) is 0 Å². The molecule has 3 aromatic rings. The first-order valence-electron chi connectivity index (χ1n) is 7.68. The Morgan fingerprint density at radius 1 is 0.913 bits per heavy atom. The minimum Gasteiger partial charge on any atom is -0.311 e. The van der Waals surface area contributed by atoms with Crippen molar-refractivity contribution in [3.63, 3.8) is 0 Å². The van der Waals surface area contributed by atoms with Crippen LogP contribution in [0.25, 0.3) is 10.9 Å². The van der Waals surface area contributed by atoms with Crippen LogP contribution in [0, 0.1) is 20.8 Å². The van der Waals surface area contributed by atoms with Gasteiger partial charge in [-0.1, -0.05) is 29.3 Å². The second kappa shape index (κ2) is 5.84. The summed E-state index contributed by atoms with van der Waals surface area (Å²) >= 11 is 0. The third kappa shape index (κ3) is 2.95. The molecule has 0 atom stereocenters. The fourth-order valence-electron chi connectivity index (χ4n) is 2.72.